The Kier molecular flexibility index (Phi) is 9.89. The smallest absolute Gasteiger partial charge is 0.229 e. The number of hydrogen-bond donors (Lipinski definition) is 1. The number of methoxy groups -OCH3 is 1. The van der Waals surface area contributed by atoms with E-state index in [-0.39, 0.29) is 0 Å². The molecule has 0 unspecified atom stereocenters. The van der Waals surface area contributed by atoms with Gasteiger partial charge in [-0.1, -0.05) is 37.6 Å². The molecule has 2 aliphatic rings. The molecule has 2 aromatic carbocycles. The zero-order valence-corrected chi connectivity index (χ0v) is 25.8. The third kappa shape index (κ3) is 7.37. The van der Waals surface area contributed by atoms with Gasteiger partial charge in [-0.25, -0.2) is 0 Å². The van der Waals surface area contributed by atoms with Crippen LogP contribution in [0, 0.1) is 6.92 Å². The average Bonchev–Trinajstić information content (AvgIpc) is 3.71. The van der Waals surface area contributed by atoms with E-state index in [1.165, 1.54) is 31.2 Å². The lowest BCUT2D eigenvalue weighted by Gasteiger charge is -2.21. The fraction of sp³-hybridized carbons (Fsp3) is 0.469. The van der Waals surface area contributed by atoms with Crippen LogP contribution in [0.1, 0.15) is 62.1 Å². The van der Waals surface area contributed by atoms with Crippen LogP contribution in [-0.2, 0) is 0 Å². The van der Waals surface area contributed by atoms with Crippen LogP contribution in [0.15, 0.2) is 41.5 Å². The zero-order valence-electron chi connectivity index (χ0n) is 25.0. The Morgan fingerprint density at radius 1 is 0.929 bits per heavy atom. The molecule has 224 valence electrons. The molecule has 0 amide bonds. The summed E-state index contributed by atoms with van der Waals surface area (Å²) in [6, 6.07) is 11.9. The molecule has 2 aliphatic heterocycles. The first-order valence-corrected chi connectivity index (χ1v) is 15.2. The lowest BCUT2D eigenvalue weighted by Crippen LogP contribution is -2.24. The fourth-order valence-corrected chi connectivity index (χ4v) is 5.59. The SMILES string of the molecule is COc1cc(C=NNc2cc(N3CCCC3)nc(N3CCCC3)n2)cc(Cl)c1OCCOc1cc(C)ccc1C(C)C. The van der Waals surface area contributed by atoms with Gasteiger partial charge in [0.25, 0.3) is 0 Å². The van der Waals surface area contributed by atoms with E-state index < -0.39 is 0 Å². The summed E-state index contributed by atoms with van der Waals surface area (Å²) in [4.78, 5) is 14.2. The van der Waals surface area contributed by atoms with Gasteiger partial charge in [0.05, 0.1) is 18.3 Å². The zero-order chi connectivity index (χ0) is 29.5. The number of aromatic nitrogens is 2. The second-order valence-electron chi connectivity index (χ2n) is 11.1. The van der Waals surface area contributed by atoms with E-state index in [0.29, 0.717) is 41.5 Å². The standard InChI is InChI=1S/C32H41ClN6O3/c1-22(2)25-10-9-23(3)17-27(25)41-15-16-42-31-26(33)18-24(19-28(31)40-4)21-34-37-29-20-30(38-11-5-6-12-38)36-32(35-29)39-13-7-8-14-39/h9-10,17-22H,5-8,11-16H2,1-4H3,(H,35,36,37). The summed E-state index contributed by atoms with van der Waals surface area (Å²) < 4.78 is 17.7. The summed E-state index contributed by atoms with van der Waals surface area (Å²) in [5.74, 6) is 4.62. The Morgan fingerprint density at radius 2 is 1.64 bits per heavy atom. The van der Waals surface area contributed by atoms with Gasteiger partial charge >= 0.3 is 0 Å². The summed E-state index contributed by atoms with van der Waals surface area (Å²) in [5, 5.41) is 4.89. The van der Waals surface area contributed by atoms with E-state index in [4.69, 9.17) is 35.8 Å². The molecule has 10 heteroatoms. The number of aryl methyl sites for hydroxylation is 1. The first-order chi connectivity index (χ1) is 20.4. The minimum Gasteiger partial charge on any atom is -0.493 e. The highest BCUT2D eigenvalue weighted by atomic mass is 35.5. The van der Waals surface area contributed by atoms with E-state index in [2.05, 4.69) is 59.3 Å². The molecule has 42 heavy (non-hydrogen) atoms. The molecule has 0 saturated carbocycles. The summed E-state index contributed by atoms with van der Waals surface area (Å²) in [7, 11) is 1.59. The molecular weight excluding hydrogens is 552 g/mol. The maximum atomic E-state index is 6.62. The lowest BCUT2D eigenvalue weighted by molar-refractivity contribution is 0.210. The predicted molar refractivity (Wildman–Crippen MR) is 170 cm³/mol. The van der Waals surface area contributed by atoms with Gasteiger partial charge in [-0.2, -0.15) is 15.1 Å². The molecule has 9 nitrogen and oxygen atoms in total. The number of rotatable bonds is 12. The topological polar surface area (TPSA) is 84.3 Å². The van der Waals surface area contributed by atoms with Crippen molar-refractivity contribution in [1.29, 1.82) is 0 Å². The van der Waals surface area contributed by atoms with E-state index in [1.54, 1.807) is 19.4 Å². The minimum absolute atomic E-state index is 0.322. The molecule has 0 atom stereocenters. The molecular formula is C32H41ClN6O3. The van der Waals surface area contributed by atoms with Crippen LogP contribution >= 0.6 is 11.6 Å². The lowest BCUT2D eigenvalue weighted by atomic mass is 10.0. The molecule has 1 N–H and O–H groups in total. The quantitative estimate of drug-likeness (QED) is 0.142. The predicted octanol–water partition coefficient (Wildman–Crippen LogP) is 6.67. The second-order valence-corrected chi connectivity index (χ2v) is 11.5. The van der Waals surface area contributed by atoms with Gasteiger partial charge in [0.2, 0.25) is 5.95 Å². The summed E-state index contributed by atoms with van der Waals surface area (Å²) in [5.41, 5.74) is 6.20. The highest BCUT2D eigenvalue weighted by Gasteiger charge is 2.20. The molecule has 2 fully saturated rings. The van der Waals surface area contributed by atoms with Gasteiger partial charge in [-0.15, -0.1) is 0 Å². The Morgan fingerprint density at radius 3 is 2.36 bits per heavy atom. The molecule has 0 bridgehead atoms. The molecule has 0 aliphatic carbocycles. The first kappa shape index (κ1) is 29.8. The van der Waals surface area contributed by atoms with Crippen molar-refractivity contribution in [2.45, 2.75) is 52.4 Å². The molecule has 0 radical (unpaired) electrons. The third-order valence-electron chi connectivity index (χ3n) is 7.54. The van der Waals surface area contributed by atoms with E-state index in [9.17, 15) is 0 Å². The van der Waals surface area contributed by atoms with Crippen LogP contribution in [-0.4, -0.2) is 62.7 Å². The van der Waals surface area contributed by atoms with Crippen molar-refractivity contribution in [3.8, 4) is 17.2 Å². The first-order valence-electron chi connectivity index (χ1n) is 14.8. The van der Waals surface area contributed by atoms with Crippen molar-refractivity contribution in [2.24, 2.45) is 5.10 Å². The van der Waals surface area contributed by atoms with Crippen molar-refractivity contribution >= 4 is 35.4 Å². The Balaban J connectivity index is 1.23. The van der Waals surface area contributed by atoms with E-state index >= 15 is 0 Å². The van der Waals surface area contributed by atoms with Crippen molar-refractivity contribution in [3.63, 3.8) is 0 Å². The van der Waals surface area contributed by atoms with Crippen LogP contribution in [0.3, 0.4) is 0 Å². The number of hydrazone groups is 1. The number of ether oxygens (including phenoxy) is 3. The van der Waals surface area contributed by atoms with Crippen molar-refractivity contribution in [3.05, 3.63) is 58.1 Å². The molecule has 1 aromatic heterocycles. The van der Waals surface area contributed by atoms with Crippen LogP contribution in [0.25, 0.3) is 0 Å². The summed E-state index contributed by atoms with van der Waals surface area (Å²) in [6.45, 7) is 11.1. The van der Waals surface area contributed by atoms with E-state index in [1.807, 2.05) is 12.1 Å². The summed E-state index contributed by atoms with van der Waals surface area (Å²) in [6.07, 6.45) is 6.40. The monoisotopic (exact) mass is 592 g/mol. The number of benzene rings is 2. The Bertz CT molecular complexity index is 1350. The molecule has 3 heterocycles. The number of hydrogen-bond acceptors (Lipinski definition) is 9. The fourth-order valence-electron chi connectivity index (χ4n) is 5.31. The normalized spacial score (nSPS) is 15.2. The van der Waals surface area contributed by atoms with Crippen LogP contribution in [0.4, 0.5) is 17.6 Å². The van der Waals surface area contributed by atoms with Gasteiger partial charge in [0.15, 0.2) is 17.3 Å². The second kappa shape index (κ2) is 14.0. The highest BCUT2D eigenvalue weighted by molar-refractivity contribution is 6.32. The number of halogens is 1. The van der Waals surface area contributed by atoms with Gasteiger partial charge in [-0.3, -0.25) is 5.43 Å². The maximum absolute atomic E-state index is 6.62. The minimum atomic E-state index is 0.322. The van der Waals surface area contributed by atoms with Gasteiger partial charge < -0.3 is 24.0 Å². The summed E-state index contributed by atoms with van der Waals surface area (Å²) >= 11 is 6.62. The van der Waals surface area contributed by atoms with Crippen molar-refractivity contribution in [1.82, 2.24) is 9.97 Å². The van der Waals surface area contributed by atoms with Crippen LogP contribution in [0.5, 0.6) is 17.2 Å². The molecule has 3 aromatic rings. The van der Waals surface area contributed by atoms with Crippen LogP contribution in [0.2, 0.25) is 5.02 Å². The Labute approximate surface area is 253 Å². The van der Waals surface area contributed by atoms with Gasteiger partial charge in [0, 0.05) is 32.2 Å². The van der Waals surface area contributed by atoms with Crippen LogP contribution < -0.4 is 29.4 Å². The number of nitrogens with zero attached hydrogens (tertiary/aromatic N) is 5. The van der Waals surface area contributed by atoms with E-state index in [0.717, 1.165) is 54.8 Å². The molecule has 2 saturated heterocycles. The third-order valence-corrected chi connectivity index (χ3v) is 7.82. The number of nitrogens with one attached hydrogen (secondary N) is 1. The Hall–Kier alpha value is -3.72. The maximum Gasteiger partial charge on any atom is 0.229 e. The largest absolute Gasteiger partial charge is 0.493 e. The van der Waals surface area contributed by atoms with Crippen molar-refractivity contribution in [2.75, 3.05) is 61.7 Å². The van der Waals surface area contributed by atoms with Gasteiger partial charge in [-0.05, 0) is 73.4 Å². The van der Waals surface area contributed by atoms with Crippen molar-refractivity contribution < 1.29 is 14.2 Å². The highest BCUT2D eigenvalue weighted by Crippen LogP contribution is 2.36. The number of anilines is 3. The molecule has 0 spiro atoms. The average molecular weight is 593 g/mol. The molecule has 5 rings (SSSR count). The van der Waals surface area contributed by atoms with Gasteiger partial charge in [0.1, 0.15) is 24.8 Å².